The van der Waals surface area contributed by atoms with Crippen molar-refractivity contribution in [1.29, 1.82) is 0 Å². The normalized spacial score (nSPS) is 19.8. The van der Waals surface area contributed by atoms with E-state index in [0.29, 0.717) is 32.5 Å². The van der Waals surface area contributed by atoms with E-state index in [4.69, 9.17) is 5.73 Å². The molecule has 2 heterocycles. The number of aromatic hydroxyl groups is 1. The Hall–Kier alpha value is -2.28. The number of carbonyl (C=O) groups excluding carboxylic acids is 2. The summed E-state index contributed by atoms with van der Waals surface area (Å²) in [6, 6.07) is 7.22. The maximum atomic E-state index is 12.5. The molecule has 7 heteroatoms. The first-order valence-electron chi connectivity index (χ1n) is 8.86. The Labute approximate surface area is 148 Å². The number of anilines is 1. The first-order valence-corrected chi connectivity index (χ1v) is 8.86. The molecular formula is C18H26N4O3. The van der Waals surface area contributed by atoms with E-state index >= 15 is 0 Å². The number of amides is 2. The van der Waals surface area contributed by atoms with Crippen molar-refractivity contribution in [3.63, 3.8) is 0 Å². The Morgan fingerprint density at radius 1 is 1.00 bits per heavy atom. The molecule has 0 bridgehead atoms. The molecule has 2 aliphatic heterocycles. The molecule has 1 aromatic rings. The van der Waals surface area contributed by atoms with Crippen LogP contribution >= 0.6 is 0 Å². The summed E-state index contributed by atoms with van der Waals surface area (Å²) in [4.78, 5) is 30.0. The molecule has 136 valence electrons. The van der Waals surface area contributed by atoms with E-state index in [1.165, 1.54) is 0 Å². The van der Waals surface area contributed by atoms with Gasteiger partial charge in [-0.1, -0.05) is 0 Å². The van der Waals surface area contributed by atoms with Crippen LogP contribution in [0.25, 0.3) is 0 Å². The second kappa shape index (κ2) is 7.74. The predicted molar refractivity (Wildman–Crippen MR) is 95.3 cm³/mol. The van der Waals surface area contributed by atoms with E-state index in [-0.39, 0.29) is 23.5 Å². The van der Waals surface area contributed by atoms with Crippen LogP contribution in [0.3, 0.4) is 0 Å². The van der Waals surface area contributed by atoms with Crippen molar-refractivity contribution in [3.05, 3.63) is 24.3 Å². The second-order valence-corrected chi connectivity index (χ2v) is 6.84. The van der Waals surface area contributed by atoms with Crippen LogP contribution < -0.4 is 10.6 Å². The van der Waals surface area contributed by atoms with Crippen LogP contribution in [0.2, 0.25) is 0 Å². The number of piperidine rings is 1. The Kier molecular flexibility index (Phi) is 5.43. The second-order valence-electron chi connectivity index (χ2n) is 6.84. The predicted octanol–water partition coefficient (Wildman–Crippen LogP) is 0.238. The van der Waals surface area contributed by atoms with Crippen molar-refractivity contribution in [2.75, 3.05) is 50.7 Å². The van der Waals surface area contributed by atoms with Gasteiger partial charge in [-0.25, -0.2) is 0 Å². The minimum atomic E-state index is -0.252. The highest BCUT2D eigenvalue weighted by Crippen LogP contribution is 2.20. The van der Waals surface area contributed by atoms with Crippen molar-refractivity contribution in [2.24, 2.45) is 11.7 Å². The van der Waals surface area contributed by atoms with Crippen LogP contribution in [0.15, 0.2) is 24.3 Å². The third kappa shape index (κ3) is 4.42. The molecule has 0 atom stereocenters. The summed E-state index contributed by atoms with van der Waals surface area (Å²) in [7, 11) is 0. The van der Waals surface area contributed by atoms with Crippen molar-refractivity contribution in [3.8, 4) is 5.75 Å². The number of carbonyl (C=O) groups is 2. The van der Waals surface area contributed by atoms with Crippen LogP contribution in [0.4, 0.5) is 5.69 Å². The van der Waals surface area contributed by atoms with E-state index in [1.54, 1.807) is 12.1 Å². The average Bonchev–Trinajstić information content (AvgIpc) is 2.63. The lowest BCUT2D eigenvalue weighted by Crippen LogP contribution is -2.51. The summed E-state index contributed by atoms with van der Waals surface area (Å²) in [6.07, 6.45) is 1.35. The van der Waals surface area contributed by atoms with Gasteiger partial charge in [0.1, 0.15) is 5.75 Å². The van der Waals surface area contributed by atoms with Gasteiger partial charge in [0, 0.05) is 50.9 Å². The Morgan fingerprint density at radius 2 is 1.60 bits per heavy atom. The number of nitrogens with two attached hydrogens (primary N) is 1. The number of primary amides is 1. The molecule has 0 unspecified atom stereocenters. The highest BCUT2D eigenvalue weighted by Gasteiger charge is 2.27. The molecule has 3 N–H and O–H groups in total. The van der Waals surface area contributed by atoms with Gasteiger partial charge in [-0.2, -0.15) is 0 Å². The summed E-state index contributed by atoms with van der Waals surface area (Å²) in [5.74, 6) is 0.0736. The maximum Gasteiger partial charge on any atom is 0.236 e. The molecule has 2 amide bonds. The minimum Gasteiger partial charge on any atom is -0.508 e. The number of phenolic OH excluding ortho intramolecular Hbond substituents is 1. The zero-order valence-corrected chi connectivity index (χ0v) is 14.4. The Balaban J connectivity index is 1.43. The fourth-order valence-corrected chi connectivity index (χ4v) is 3.53. The van der Waals surface area contributed by atoms with Gasteiger partial charge < -0.3 is 20.6 Å². The summed E-state index contributed by atoms with van der Waals surface area (Å²) in [5.41, 5.74) is 6.43. The molecule has 2 saturated heterocycles. The molecule has 0 saturated carbocycles. The summed E-state index contributed by atoms with van der Waals surface area (Å²) in [5, 5.41) is 9.37. The summed E-state index contributed by atoms with van der Waals surface area (Å²) >= 11 is 0. The van der Waals surface area contributed by atoms with E-state index in [0.717, 1.165) is 31.9 Å². The molecule has 0 aliphatic carbocycles. The quantitative estimate of drug-likeness (QED) is 0.815. The smallest absolute Gasteiger partial charge is 0.236 e. The minimum absolute atomic E-state index is 0.0853. The lowest BCUT2D eigenvalue weighted by molar-refractivity contribution is -0.136. The first-order chi connectivity index (χ1) is 12.0. The van der Waals surface area contributed by atoms with Gasteiger partial charge in [-0.15, -0.1) is 0 Å². The highest BCUT2D eigenvalue weighted by atomic mass is 16.3. The van der Waals surface area contributed by atoms with Crippen molar-refractivity contribution < 1.29 is 14.7 Å². The van der Waals surface area contributed by atoms with Crippen molar-refractivity contribution in [1.82, 2.24) is 9.80 Å². The van der Waals surface area contributed by atoms with E-state index in [2.05, 4.69) is 9.80 Å². The molecule has 0 aromatic heterocycles. The Morgan fingerprint density at radius 3 is 2.16 bits per heavy atom. The number of hydrogen-bond acceptors (Lipinski definition) is 5. The van der Waals surface area contributed by atoms with Crippen LogP contribution in [-0.2, 0) is 9.59 Å². The largest absolute Gasteiger partial charge is 0.508 e. The number of phenols is 1. The SMILES string of the molecule is NC(=O)C1CCN(C(=O)CN2CCN(c3ccc(O)cc3)CC2)CC1. The van der Waals surface area contributed by atoms with Crippen LogP contribution in [0.1, 0.15) is 12.8 Å². The standard InChI is InChI=1S/C18H26N4O3/c19-18(25)14-5-7-22(8-6-14)17(24)13-20-9-11-21(12-10-20)15-1-3-16(23)4-2-15/h1-4,14,23H,5-13H2,(H2,19,25). The molecular weight excluding hydrogens is 320 g/mol. The van der Waals surface area contributed by atoms with E-state index < -0.39 is 0 Å². The number of nitrogens with zero attached hydrogens (tertiary/aromatic N) is 3. The van der Waals surface area contributed by atoms with Crippen molar-refractivity contribution >= 4 is 17.5 Å². The summed E-state index contributed by atoms with van der Waals surface area (Å²) < 4.78 is 0. The maximum absolute atomic E-state index is 12.5. The fourth-order valence-electron chi connectivity index (χ4n) is 3.53. The highest BCUT2D eigenvalue weighted by molar-refractivity contribution is 5.80. The zero-order valence-electron chi connectivity index (χ0n) is 14.4. The molecule has 2 fully saturated rings. The Bertz CT molecular complexity index is 603. The average molecular weight is 346 g/mol. The molecule has 7 nitrogen and oxygen atoms in total. The van der Waals surface area contributed by atoms with E-state index in [1.807, 2.05) is 17.0 Å². The molecule has 0 spiro atoms. The molecule has 2 aliphatic rings. The van der Waals surface area contributed by atoms with Crippen LogP contribution in [-0.4, -0.2) is 72.5 Å². The molecule has 3 rings (SSSR count). The topological polar surface area (TPSA) is 90.1 Å². The molecule has 0 radical (unpaired) electrons. The van der Waals surface area contributed by atoms with Gasteiger partial charge in [0.2, 0.25) is 11.8 Å². The number of piperazine rings is 1. The van der Waals surface area contributed by atoms with Gasteiger partial charge in [-0.05, 0) is 37.1 Å². The van der Waals surface area contributed by atoms with Gasteiger partial charge in [0.25, 0.3) is 0 Å². The number of rotatable bonds is 4. The molecule has 1 aromatic carbocycles. The third-order valence-corrected chi connectivity index (χ3v) is 5.20. The first kappa shape index (κ1) is 17.5. The fraction of sp³-hybridized carbons (Fsp3) is 0.556. The number of benzene rings is 1. The lowest BCUT2D eigenvalue weighted by atomic mass is 9.96. The lowest BCUT2D eigenvalue weighted by Gasteiger charge is -2.37. The van der Waals surface area contributed by atoms with Crippen LogP contribution in [0.5, 0.6) is 5.75 Å². The number of hydrogen-bond donors (Lipinski definition) is 2. The zero-order chi connectivity index (χ0) is 17.8. The molecule has 25 heavy (non-hydrogen) atoms. The van der Waals surface area contributed by atoms with Gasteiger partial charge in [0.05, 0.1) is 6.54 Å². The van der Waals surface area contributed by atoms with Gasteiger partial charge in [-0.3, -0.25) is 14.5 Å². The summed E-state index contributed by atoms with van der Waals surface area (Å²) in [6.45, 7) is 5.09. The van der Waals surface area contributed by atoms with Gasteiger partial charge in [0.15, 0.2) is 0 Å². The monoisotopic (exact) mass is 346 g/mol. The van der Waals surface area contributed by atoms with E-state index in [9.17, 15) is 14.7 Å². The third-order valence-electron chi connectivity index (χ3n) is 5.20. The number of likely N-dealkylation sites (tertiary alicyclic amines) is 1. The van der Waals surface area contributed by atoms with Crippen LogP contribution in [0, 0.1) is 5.92 Å². The van der Waals surface area contributed by atoms with Crippen molar-refractivity contribution in [2.45, 2.75) is 12.8 Å². The van der Waals surface area contributed by atoms with Gasteiger partial charge >= 0.3 is 0 Å².